The van der Waals surface area contributed by atoms with E-state index >= 15 is 0 Å². The van der Waals surface area contributed by atoms with E-state index in [1.165, 1.54) is 17.7 Å². The molecule has 2 aromatic carbocycles. The summed E-state index contributed by atoms with van der Waals surface area (Å²) in [6.45, 7) is 5.10. The maximum atomic E-state index is 13.3. The number of ether oxygens (including phenoxy) is 2. The third-order valence-electron chi connectivity index (χ3n) is 5.84. The molecule has 154 valence electrons. The van der Waals surface area contributed by atoms with Gasteiger partial charge >= 0.3 is 0 Å². The highest BCUT2D eigenvalue weighted by Gasteiger charge is 2.43. The first kappa shape index (κ1) is 19.9. The average molecular weight is 398 g/mol. The van der Waals surface area contributed by atoms with Crippen molar-refractivity contribution in [2.45, 2.75) is 31.9 Å². The van der Waals surface area contributed by atoms with E-state index in [1.807, 2.05) is 0 Å². The first-order chi connectivity index (χ1) is 14.0. The van der Waals surface area contributed by atoms with Gasteiger partial charge in [0.15, 0.2) is 0 Å². The average Bonchev–Trinajstić information content (AvgIpc) is 2.72. The summed E-state index contributed by atoms with van der Waals surface area (Å²) in [4.78, 5) is 16.6. The van der Waals surface area contributed by atoms with Crippen LogP contribution in [0, 0.1) is 12.7 Å². The Bertz CT molecular complexity index is 886. The molecular weight excluding hydrogens is 371 g/mol. The fourth-order valence-electron chi connectivity index (χ4n) is 4.37. The Morgan fingerprint density at radius 1 is 1.17 bits per heavy atom. The van der Waals surface area contributed by atoms with Gasteiger partial charge in [-0.2, -0.15) is 0 Å². The lowest BCUT2D eigenvalue weighted by Crippen LogP contribution is -2.61. The van der Waals surface area contributed by atoms with Crippen LogP contribution in [-0.2, 0) is 16.1 Å². The van der Waals surface area contributed by atoms with Crippen LogP contribution >= 0.6 is 0 Å². The van der Waals surface area contributed by atoms with Crippen LogP contribution in [0.5, 0.6) is 5.75 Å². The lowest BCUT2D eigenvalue weighted by atomic mass is 9.90. The summed E-state index contributed by atoms with van der Waals surface area (Å²) in [6, 6.07) is 12.4. The van der Waals surface area contributed by atoms with E-state index < -0.39 is 5.60 Å². The standard InChI is InChI=1S/C23H27FN2O3/c1-17-4-5-18(21(12-17)28-2)13-25-11-3-10-23(15-25)16-26(22(27)14-29-23)20-8-6-19(24)7-9-20/h4-9,12H,3,10-11,13-16H2,1-2H3. The van der Waals surface area contributed by atoms with Crippen molar-refractivity contribution in [1.82, 2.24) is 4.90 Å². The van der Waals surface area contributed by atoms with Gasteiger partial charge in [0.25, 0.3) is 5.91 Å². The molecule has 2 aromatic rings. The zero-order valence-electron chi connectivity index (χ0n) is 17.0. The molecule has 0 aliphatic carbocycles. The molecule has 0 aromatic heterocycles. The van der Waals surface area contributed by atoms with Crippen molar-refractivity contribution in [3.8, 4) is 5.75 Å². The topological polar surface area (TPSA) is 42.0 Å². The number of amides is 1. The molecule has 2 saturated heterocycles. The molecule has 2 fully saturated rings. The Morgan fingerprint density at radius 2 is 1.97 bits per heavy atom. The fraction of sp³-hybridized carbons (Fsp3) is 0.435. The number of hydrogen-bond donors (Lipinski definition) is 0. The molecule has 1 atom stereocenters. The number of carbonyl (C=O) groups is 1. The number of hydrogen-bond acceptors (Lipinski definition) is 4. The lowest BCUT2D eigenvalue weighted by molar-refractivity contribution is -0.146. The van der Waals surface area contributed by atoms with Crippen molar-refractivity contribution in [1.29, 1.82) is 0 Å². The van der Waals surface area contributed by atoms with Crippen LogP contribution in [0.2, 0.25) is 0 Å². The predicted octanol–water partition coefficient (Wildman–Crippen LogP) is 3.54. The van der Waals surface area contributed by atoms with Crippen molar-refractivity contribution in [2.75, 3.05) is 38.3 Å². The van der Waals surface area contributed by atoms with Crippen LogP contribution in [0.15, 0.2) is 42.5 Å². The van der Waals surface area contributed by atoms with Crippen molar-refractivity contribution < 1.29 is 18.7 Å². The minimum Gasteiger partial charge on any atom is -0.496 e. The molecule has 2 aliphatic rings. The van der Waals surface area contributed by atoms with Crippen molar-refractivity contribution in [3.63, 3.8) is 0 Å². The van der Waals surface area contributed by atoms with Gasteiger partial charge in [0, 0.05) is 24.3 Å². The Labute approximate surface area is 171 Å². The van der Waals surface area contributed by atoms with Gasteiger partial charge in [0.2, 0.25) is 0 Å². The van der Waals surface area contributed by atoms with Gasteiger partial charge in [0.1, 0.15) is 18.2 Å². The van der Waals surface area contributed by atoms with Gasteiger partial charge in [-0.25, -0.2) is 4.39 Å². The minimum atomic E-state index is -0.404. The van der Waals surface area contributed by atoms with Gasteiger partial charge in [-0.3, -0.25) is 9.69 Å². The fourth-order valence-corrected chi connectivity index (χ4v) is 4.37. The molecular formula is C23H27FN2O3. The number of carbonyl (C=O) groups excluding carboxylic acids is 1. The van der Waals surface area contributed by atoms with E-state index in [1.54, 1.807) is 24.1 Å². The monoisotopic (exact) mass is 398 g/mol. The van der Waals surface area contributed by atoms with Crippen LogP contribution in [0.4, 0.5) is 10.1 Å². The summed E-state index contributed by atoms with van der Waals surface area (Å²) >= 11 is 0. The van der Waals surface area contributed by atoms with Crippen molar-refractivity contribution >= 4 is 11.6 Å². The quantitative estimate of drug-likeness (QED) is 0.790. The van der Waals surface area contributed by atoms with Gasteiger partial charge in [-0.1, -0.05) is 12.1 Å². The Hall–Kier alpha value is -2.44. The van der Waals surface area contributed by atoms with Crippen LogP contribution < -0.4 is 9.64 Å². The number of halogens is 1. The Balaban J connectivity index is 1.51. The first-order valence-electron chi connectivity index (χ1n) is 10.0. The summed E-state index contributed by atoms with van der Waals surface area (Å²) in [5, 5.41) is 0. The van der Waals surface area contributed by atoms with Crippen LogP contribution in [0.25, 0.3) is 0 Å². The molecule has 0 saturated carbocycles. The number of nitrogens with zero attached hydrogens (tertiary/aromatic N) is 2. The normalized spacial score (nSPS) is 22.9. The second-order valence-electron chi connectivity index (χ2n) is 8.06. The number of methoxy groups -OCH3 is 1. The van der Waals surface area contributed by atoms with E-state index in [4.69, 9.17) is 9.47 Å². The van der Waals surface area contributed by atoms with Crippen molar-refractivity contribution in [3.05, 3.63) is 59.4 Å². The van der Waals surface area contributed by atoms with Gasteiger partial charge < -0.3 is 14.4 Å². The third kappa shape index (κ3) is 4.28. The summed E-state index contributed by atoms with van der Waals surface area (Å²) in [6.07, 6.45) is 1.90. The van der Waals surface area contributed by atoms with E-state index in [9.17, 15) is 9.18 Å². The van der Waals surface area contributed by atoms with Gasteiger partial charge in [-0.15, -0.1) is 0 Å². The molecule has 1 amide bonds. The smallest absolute Gasteiger partial charge is 0.253 e. The number of aryl methyl sites for hydroxylation is 1. The molecule has 0 N–H and O–H groups in total. The van der Waals surface area contributed by atoms with Gasteiger partial charge in [-0.05, 0) is 62.2 Å². The molecule has 0 bridgehead atoms. The number of morpholine rings is 1. The highest BCUT2D eigenvalue weighted by atomic mass is 19.1. The van der Waals surface area contributed by atoms with Crippen LogP contribution in [-0.4, -0.2) is 49.8 Å². The number of benzene rings is 2. The summed E-state index contributed by atoms with van der Waals surface area (Å²) < 4.78 is 25.0. The number of anilines is 1. The second kappa shape index (κ2) is 8.13. The van der Waals surface area contributed by atoms with Crippen LogP contribution in [0.1, 0.15) is 24.0 Å². The predicted molar refractivity (Wildman–Crippen MR) is 110 cm³/mol. The molecule has 29 heavy (non-hydrogen) atoms. The summed E-state index contributed by atoms with van der Waals surface area (Å²) in [5.74, 6) is 0.511. The van der Waals surface area contributed by atoms with Gasteiger partial charge in [0.05, 0.1) is 19.3 Å². The molecule has 6 heteroatoms. The maximum absolute atomic E-state index is 13.3. The summed E-state index contributed by atoms with van der Waals surface area (Å²) in [7, 11) is 1.70. The molecule has 1 unspecified atom stereocenters. The Kier molecular flexibility index (Phi) is 5.56. The lowest BCUT2D eigenvalue weighted by Gasteiger charge is -2.47. The molecule has 2 aliphatic heterocycles. The number of rotatable bonds is 4. The highest BCUT2D eigenvalue weighted by molar-refractivity contribution is 5.95. The van der Waals surface area contributed by atoms with E-state index in [0.29, 0.717) is 6.54 Å². The molecule has 4 rings (SSSR count). The number of likely N-dealkylation sites (tertiary alicyclic amines) is 1. The summed E-state index contributed by atoms with van der Waals surface area (Å²) in [5.41, 5.74) is 2.64. The van der Waals surface area contributed by atoms with E-state index in [0.717, 1.165) is 49.5 Å². The third-order valence-corrected chi connectivity index (χ3v) is 5.84. The molecule has 0 radical (unpaired) electrons. The minimum absolute atomic E-state index is 0.0546. The van der Waals surface area contributed by atoms with Crippen molar-refractivity contribution in [2.24, 2.45) is 0 Å². The SMILES string of the molecule is COc1cc(C)ccc1CN1CCCC2(C1)CN(c1ccc(F)cc1)C(=O)CO2. The van der Waals surface area contributed by atoms with E-state index in [2.05, 4.69) is 30.0 Å². The van der Waals surface area contributed by atoms with E-state index in [-0.39, 0.29) is 18.3 Å². The van der Waals surface area contributed by atoms with Crippen LogP contribution in [0.3, 0.4) is 0 Å². The molecule has 2 heterocycles. The zero-order chi connectivity index (χ0) is 20.4. The zero-order valence-corrected chi connectivity index (χ0v) is 17.0. The Morgan fingerprint density at radius 3 is 2.72 bits per heavy atom. The maximum Gasteiger partial charge on any atom is 0.253 e. The molecule has 1 spiro atoms. The highest BCUT2D eigenvalue weighted by Crippen LogP contribution is 2.33. The number of piperidine rings is 1. The first-order valence-corrected chi connectivity index (χ1v) is 10.0. The largest absolute Gasteiger partial charge is 0.496 e. The molecule has 5 nitrogen and oxygen atoms in total. The second-order valence-corrected chi connectivity index (χ2v) is 8.06.